The lowest BCUT2D eigenvalue weighted by atomic mass is 10.1. The Hall–Kier alpha value is -1.43. The number of H-pyrrole nitrogens is 1. The van der Waals surface area contributed by atoms with Crippen molar-refractivity contribution >= 4 is 5.97 Å². The first kappa shape index (κ1) is 13.0. The first-order valence-corrected chi connectivity index (χ1v) is 6.25. The molecular formula is C12H20N4O2. The van der Waals surface area contributed by atoms with Gasteiger partial charge in [0.2, 0.25) is 0 Å². The maximum Gasteiger partial charge on any atom is 0.361 e. The summed E-state index contributed by atoms with van der Waals surface area (Å²) < 4.78 is 5.28. The van der Waals surface area contributed by atoms with Crippen molar-refractivity contribution in [3.05, 3.63) is 11.4 Å². The third kappa shape index (κ3) is 3.29. The Morgan fingerprint density at radius 3 is 2.72 bits per heavy atom. The Kier molecular flexibility index (Phi) is 3.38. The topological polar surface area (TPSA) is 93.9 Å². The van der Waals surface area contributed by atoms with Crippen molar-refractivity contribution in [2.75, 3.05) is 0 Å². The molecule has 1 aromatic rings. The van der Waals surface area contributed by atoms with Gasteiger partial charge < -0.3 is 10.5 Å². The predicted octanol–water partition coefficient (Wildman–Crippen LogP) is 1.04. The van der Waals surface area contributed by atoms with Crippen LogP contribution in [0.2, 0.25) is 0 Å². The SMILES string of the molecule is CC(C)(C)OC(=O)c1n[nH]nc1CC(N)C1CC1. The minimum atomic E-state index is -0.536. The van der Waals surface area contributed by atoms with Crippen LogP contribution in [0.4, 0.5) is 0 Å². The van der Waals surface area contributed by atoms with Crippen LogP contribution in [-0.4, -0.2) is 33.0 Å². The molecule has 1 aliphatic rings. The minimum absolute atomic E-state index is 0.0521. The molecule has 0 radical (unpaired) electrons. The molecule has 1 atom stereocenters. The second kappa shape index (κ2) is 4.68. The van der Waals surface area contributed by atoms with E-state index in [0.29, 0.717) is 18.0 Å². The highest BCUT2D eigenvalue weighted by atomic mass is 16.6. The monoisotopic (exact) mass is 252 g/mol. The van der Waals surface area contributed by atoms with Crippen LogP contribution < -0.4 is 5.73 Å². The van der Waals surface area contributed by atoms with Gasteiger partial charge in [-0.1, -0.05) is 0 Å². The van der Waals surface area contributed by atoms with Gasteiger partial charge in [0.15, 0.2) is 5.69 Å². The summed E-state index contributed by atoms with van der Waals surface area (Å²) in [5, 5.41) is 10.3. The Labute approximate surface area is 106 Å². The molecule has 0 amide bonds. The van der Waals surface area contributed by atoms with Crippen molar-refractivity contribution in [2.45, 2.75) is 51.7 Å². The number of hydrogen-bond donors (Lipinski definition) is 2. The molecule has 3 N–H and O–H groups in total. The summed E-state index contributed by atoms with van der Waals surface area (Å²) in [7, 11) is 0. The van der Waals surface area contributed by atoms with E-state index in [2.05, 4.69) is 15.4 Å². The van der Waals surface area contributed by atoms with Gasteiger partial charge in [0.25, 0.3) is 0 Å². The highest BCUT2D eigenvalue weighted by Crippen LogP contribution is 2.32. The molecule has 1 unspecified atom stereocenters. The van der Waals surface area contributed by atoms with E-state index in [1.165, 1.54) is 12.8 Å². The Morgan fingerprint density at radius 2 is 2.17 bits per heavy atom. The molecule has 0 saturated heterocycles. The average molecular weight is 252 g/mol. The number of ether oxygens (including phenoxy) is 1. The maximum atomic E-state index is 11.9. The first-order chi connectivity index (χ1) is 8.37. The van der Waals surface area contributed by atoms with Crippen LogP contribution in [0.25, 0.3) is 0 Å². The van der Waals surface area contributed by atoms with E-state index in [0.717, 1.165) is 0 Å². The van der Waals surface area contributed by atoms with Gasteiger partial charge >= 0.3 is 5.97 Å². The third-order valence-corrected chi connectivity index (χ3v) is 2.87. The molecule has 1 saturated carbocycles. The summed E-state index contributed by atoms with van der Waals surface area (Å²) in [6, 6.07) is 0.0521. The molecule has 6 nitrogen and oxygen atoms in total. The molecule has 1 aliphatic carbocycles. The highest BCUT2D eigenvalue weighted by Gasteiger charge is 2.31. The summed E-state index contributed by atoms with van der Waals surface area (Å²) in [6.07, 6.45) is 2.90. The van der Waals surface area contributed by atoms with Crippen molar-refractivity contribution in [1.82, 2.24) is 15.4 Å². The van der Waals surface area contributed by atoms with E-state index in [1.807, 2.05) is 20.8 Å². The van der Waals surface area contributed by atoms with Crippen molar-refractivity contribution < 1.29 is 9.53 Å². The fraction of sp³-hybridized carbons (Fsp3) is 0.750. The zero-order valence-electron chi connectivity index (χ0n) is 11.1. The third-order valence-electron chi connectivity index (χ3n) is 2.87. The van der Waals surface area contributed by atoms with Crippen molar-refractivity contribution in [3.8, 4) is 0 Å². The number of carbonyl (C=O) groups is 1. The molecule has 1 heterocycles. The van der Waals surface area contributed by atoms with Crippen molar-refractivity contribution in [2.24, 2.45) is 11.7 Å². The average Bonchev–Trinajstić information content (AvgIpc) is 2.97. The van der Waals surface area contributed by atoms with E-state index in [4.69, 9.17) is 10.5 Å². The van der Waals surface area contributed by atoms with Crippen molar-refractivity contribution in [3.63, 3.8) is 0 Å². The molecule has 0 aliphatic heterocycles. The predicted molar refractivity (Wildman–Crippen MR) is 66.0 cm³/mol. The van der Waals surface area contributed by atoms with E-state index >= 15 is 0 Å². The second-order valence-electron chi connectivity index (χ2n) is 5.83. The smallest absolute Gasteiger partial charge is 0.361 e. The summed E-state index contributed by atoms with van der Waals surface area (Å²) >= 11 is 0. The number of aromatic amines is 1. The van der Waals surface area contributed by atoms with Crippen LogP contribution in [0.3, 0.4) is 0 Å². The minimum Gasteiger partial charge on any atom is -0.455 e. The van der Waals surface area contributed by atoms with E-state index in [-0.39, 0.29) is 11.7 Å². The van der Waals surface area contributed by atoms with E-state index in [1.54, 1.807) is 0 Å². The summed E-state index contributed by atoms with van der Waals surface area (Å²) in [5.74, 6) is 0.113. The normalized spacial score (nSPS) is 17.6. The fourth-order valence-electron chi connectivity index (χ4n) is 1.80. The van der Waals surface area contributed by atoms with Crippen LogP contribution >= 0.6 is 0 Å². The zero-order valence-corrected chi connectivity index (χ0v) is 11.1. The number of aromatic nitrogens is 3. The molecule has 0 spiro atoms. The van der Waals surface area contributed by atoms with Gasteiger partial charge in [-0.15, -0.1) is 5.10 Å². The molecule has 1 aromatic heterocycles. The number of carbonyl (C=O) groups excluding carboxylic acids is 1. The van der Waals surface area contributed by atoms with Gasteiger partial charge in [-0.3, -0.25) is 0 Å². The standard InChI is InChI=1S/C12H20N4O2/c1-12(2,3)18-11(17)10-9(14-16-15-10)6-8(13)7-4-5-7/h7-8H,4-6,13H2,1-3H3,(H,14,15,16). The Balaban J connectivity index is 2.04. The lowest BCUT2D eigenvalue weighted by molar-refractivity contribution is 0.00615. The molecule has 0 aromatic carbocycles. The number of rotatable bonds is 4. The maximum absolute atomic E-state index is 11.9. The van der Waals surface area contributed by atoms with Crippen LogP contribution in [-0.2, 0) is 11.2 Å². The van der Waals surface area contributed by atoms with E-state index < -0.39 is 11.6 Å². The number of nitrogens with one attached hydrogen (secondary N) is 1. The molecule has 1 fully saturated rings. The van der Waals surface area contributed by atoms with Crippen LogP contribution in [0.5, 0.6) is 0 Å². The molecule has 2 rings (SSSR count). The van der Waals surface area contributed by atoms with E-state index in [9.17, 15) is 4.79 Å². The summed E-state index contributed by atoms with van der Waals surface area (Å²) in [6.45, 7) is 5.46. The van der Waals surface area contributed by atoms with Crippen LogP contribution in [0, 0.1) is 5.92 Å². The number of nitrogens with zero attached hydrogens (tertiary/aromatic N) is 2. The lowest BCUT2D eigenvalue weighted by Gasteiger charge is -2.19. The van der Waals surface area contributed by atoms with Crippen LogP contribution in [0.15, 0.2) is 0 Å². The van der Waals surface area contributed by atoms with Crippen molar-refractivity contribution in [1.29, 1.82) is 0 Å². The zero-order chi connectivity index (χ0) is 13.3. The molecule has 18 heavy (non-hydrogen) atoms. The second-order valence-corrected chi connectivity index (χ2v) is 5.83. The molecule has 100 valence electrons. The molecule has 0 bridgehead atoms. The van der Waals surface area contributed by atoms with Gasteiger partial charge in [0.05, 0.1) is 5.69 Å². The number of esters is 1. The fourth-order valence-corrected chi connectivity index (χ4v) is 1.80. The quantitative estimate of drug-likeness (QED) is 0.781. The number of nitrogens with two attached hydrogens (primary N) is 1. The first-order valence-electron chi connectivity index (χ1n) is 6.25. The van der Waals surface area contributed by atoms with Gasteiger partial charge in [-0.2, -0.15) is 10.3 Å². The van der Waals surface area contributed by atoms with Gasteiger partial charge in [0.1, 0.15) is 5.60 Å². The van der Waals surface area contributed by atoms with Gasteiger partial charge in [-0.25, -0.2) is 4.79 Å². The lowest BCUT2D eigenvalue weighted by Crippen LogP contribution is -2.28. The Bertz CT molecular complexity index is 432. The Morgan fingerprint density at radius 1 is 1.50 bits per heavy atom. The van der Waals surface area contributed by atoms with Crippen LogP contribution in [0.1, 0.15) is 49.8 Å². The molecule has 6 heteroatoms. The van der Waals surface area contributed by atoms with Gasteiger partial charge in [0, 0.05) is 12.5 Å². The van der Waals surface area contributed by atoms with Gasteiger partial charge in [-0.05, 0) is 39.5 Å². The summed E-state index contributed by atoms with van der Waals surface area (Å²) in [5.41, 5.74) is 6.35. The molecular weight excluding hydrogens is 232 g/mol. The largest absolute Gasteiger partial charge is 0.455 e. The number of hydrogen-bond acceptors (Lipinski definition) is 5. The summed E-state index contributed by atoms with van der Waals surface area (Å²) in [4.78, 5) is 11.9. The highest BCUT2D eigenvalue weighted by molar-refractivity contribution is 5.88.